The van der Waals surface area contributed by atoms with E-state index >= 15 is 0 Å². The molecule has 0 aliphatic rings. The fraction of sp³-hybridized carbons (Fsp3) is 0.333. The van der Waals surface area contributed by atoms with Crippen LogP contribution in [0.5, 0.6) is 5.75 Å². The molecule has 18 heavy (non-hydrogen) atoms. The van der Waals surface area contributed by atoms with Crippen molar-refractivity contribution in [2.45, 2.75) is 18.6 Å². The number of nitriles is 1. The van der Waals surface area contributed by atoms with Crippen molar-refractivity contribution in [1.82, 2.24) is 0 Å². The minimum Gasteiger partial charge on any atom is -0.493 e. The van der Waals surface area contributed by atoms with Crippen molar-refractivity contribution in [2.75, 3.05) is 6.61 Å². The molecule has 6 heteroatoms. The van der Waals surface area contributed by atoms with Gasteiger partial charge in [0.2, 0.25) is 5.91 Å². The molecule has 2 atom stereocenters. The Labute approximate surface area is 104 Å². The Kier molecular flexibility index (Phi) is 5.11. The number of hydrogen-bond acceptors (Lipinski definition) is 5. The lowest BCUT2D eigenvalue weighted by atomic mass is 10.0. The van der Waals surface area contributed by atoms with Gasteiger partial charge in [-0.1, -0.05) is 12.1 Å². The van der Waals surface area contributed by atoms with E-state index in [1.807, 2.05) is 6.07 Å². The predicted octanol–water partition coefficient (Wildman–Crippen LogP) is -0.141. The lowest BCUT2D eigenvalue weighted by molar-refractivity contribution is -0.131. The van der Waals surface area contributed by atoms with Crippen molar-refractivity contribution >= 4 is 5.91 Å². The maximum atomic E-state index is 10.7. The second kappa shape index (κ2) is 6.59. The first kappa shape index (κ1) is 14.0. The largest absolute Gasteiger partial charge is 0.493 e. The standard InChI is InChI=1S/C12H14N2O4/c13-6-1-7-18-9-4-2-8(3-5-9)10(15)11(16)12(14)17/h2-5,10-11,15-16H,1,7H2,(H2,14,17). The highest BCUT2D eigenvalue weighted by atomic mass is 16.5. The number of nitrogens with zero attached hydrogens (tertiary/aromatic N) is 1. The van der Waals surface area contributed by atoms with E-state index < -0.39 is 18.1 Å². The van der Waals surface area contributed by atoms with Gasteiger partial charge in [0, 0.05) is 0 Å². The van der Waals surface area contributed by atoms with E-state index in [0.717, 1.165) is 0 Å². The first-order valence-electron chi connectivity index (χ1n) is 5.31. The highest BCUT2D eigenvalue weighted by molar-refractivity contribution is 5.79. The fourth-order valence-electron chi connectivity index (χ4n) is 1.31. The number of hydrogen-bond donors (Lipinski definition) is 3. The molecule has 0 aliphatic heterocycles. The summed E-state index contributed by atoms with van der Waals surface area (Å²) in [6, 6.07) is 8.12. The van der Waals surface area contributed by atoms with Crippen LogP contribution in [0.15, 0.2) is 24.3 Å². The number of carbonyl (C=O) groups is 1. The number of rotatable bonds is 6. The molecule has 1 amide bonds. The van der Waals surface area contributed by atoms with Gasteiger partial charge in [0.1, 0.15) is 18.5 Å². The molecule has 0 fully saturated rings. The molecule has 1 aromatic carbocycles. The fourth-order valence-corrected chi connectivity index (χ4v) is 1.31. The molecular formula is C12H14N2O4. The molecular weight excluding hydrogens is 236 g/mol. The predicted molar refractivity (Wildman–Crippen MR) is 62.3 cm³/mol. The van der Waals surface area contributed by atoms with Crippen LogP contribution in [0.2, 0.25) is 0 Å². The summed E-state index contributed by atoms with van der Waals surface area (Å²) in [7, 11) is 0. The van der Waals surface area contributed by atoms with E-state index in [4.69, 9.17) is 15.7 Å². The number of primary amides is 1. The maximum Gasteiger partial charge on any atom is 0.249 e. The second-order valence-corrected chi connectivity index (χ2v) is 3.62. The van der Waals surface area contributed by atoms with Crippen LogP contribution in [0.4, 0.5) is 0 Å². The number of aliphatic hydroxyl groups excluding tert-OH is 2. The second-order valence-electron chi connectivity index (χ2n) is 3.62. The van der Waals surface area contributed by atoms with Gasteiger partial charge >= 0.3 is 0 Å². The number of amides is 1. The van der Waals surface area contributed by atoms with Crippen molar-refractivity contribution in [1.29, 1.82) is 5.26 Å². The highest BCUT2D eigenvalue weighted by Gasteiger charge is 2.23. The van der Waals surface area contributed by atoms with Crippen LogP contribution in [0.1, 0.15) is 18.1 Å². The summed E-state index contributed by atoms with van der Waals surface area (Å²) in [6.45, 7) is 0.280. The molecule has 2 unspecified atom stereocenters. The van der Waals surface area contributed by atoms with Crippen molar-refractivity contribution in [3.8, 4) is 11.8 Å². The summed E-state index contributed by atoms with van der Waals surface area (Å²) in [5, 5.41) is 27.3. The van der Waals surface area contributed by atoms with Gasteiger partial charge in [0.05, 0.1) is 12.5 Å². The molecule has 0 bridgehead atoms. The monoisotopic (exact) mass is 250 g/mol. The van der Waals surface area contributed by atoms with Crippen LogP contribution in [0.25, 0.3) is 0 Å². The van der Waals surface area contributed by atoms with Crippen LogP contribution in [-0.4, -0.2) is 28.8 Å². The average Bonchev–Trinajstić information content (AvgIpc) is 2.38. The van der Waals surface area contributed by atoms with Crippen LogP contribution >= 0.6 is 0 Å². The Morgan fingerprint density at radius 3 is 2.50 bits per heavy atom. The molecule has 0 spiro atoms. The van der Waals surface area contributed by atoms with Gasteiger partial charge in [-0.2, -0.15) is 5.26 Å². The first-order valence-corrected chi connectivity index (χ1v) is 5.31. The Morgan fingerprint density at radius 2 is 2.00 bits per heavy atom. The van der Waals surface area contributed by atoms with E-state index in [0.29, 0.717) is 11.3 Å². The first-order chi connectivity index (χ1) is 8.56. The Hall–Kier alpha value is -2.10. The van der Waals surface area contributed by atoms with Gasteiger partial charge in [0.25, 0.3) is 0 Å². The summed E-state index contributed by atoms with van der Waals surface area (Å²) < 4.78 is 5.23. The lowest BCUT2D eigenvalue weighted by Gasteiger charge is -2.15. The number of benzene rings is 1. The molecule has 0 heterocycles. The summed E-state index contributed by atoms with van der Waals surface area (Å²) in [5.41, 5.74) is 5.24. The zero-order valence-corrected chi connectivity index (χ0v) is 9.61. The molecule has 1 aromatic rings. The molecule has 0 saturated heterocycles. The average molecular weight is 250 g/mol. The Morgan fingerprint density at radius 1 is 1.39 bits per heavy atom. The van der Waals surface area contributed by atoms with Crippen molar-refractivity contribution in [3.05, 3.63) is 29.8 Å². The summed E-state index contributed by atoms with van der Waals surface area (Å²) >= 11 is 0. The van der Waals surface area contributed by atoms with E-state index in [9.17, 15) is 15.0 Å². The topological polar surface area (TPSA) is 117 Å². The van der Waals surface area contributed by atoms with E-state index in [2.05, 4.69) is 0 Å². The molecule has 96 valence electrons. The third kappa shape index (κ3) is 3.73. The smallest absolute Gasteiger partial charge is 0.249 e. The quantitative estimate of drug-likeness (QED) is 0.607. The molecule has 0 radical (unpaired) electrons. The molecule has 0 saturated carbocycles. The van der Waals surface area contributed by atoms with Gasteiger partial charge in [0.15, 0.2) is 6.10 Å². The van der Waals surface area contributed by atoms with Gasteiger partial charge in [-0.25, -0.2) is 0 Å². The summed E-state index contributed by atoms with van der Waals surface area (Å²) in [6.07, 6.45) is -2.73. The summed E-state index contributed by atoms with van der Waals surface area (Å²) in [4.78, 5) is 10.7. The van der Waals surface area contributed by atoms with Crippen LogP contribution in [-0.2, 0) is 4.79 Å². The number of aliphatic hydroxyl groups is 2. The lowest BCUT2D eigenvalue weighted by Crippen LogP contribution is -2.33. The van der Waals surface area contributed by atoms with Gasteiger partial charge < -0.3 is 20.7 Å². The molecule has 0 aliphatic carbocycles. The minimum atomic E-state index is -1.64. The SMILES string of the molecule is N#CCCOc1ccc(C(O)C(O)C(N)=O)cc1. The normalized spacial score (nSPS) is 13.4. The summed E-state index contributed by atoms with van der Waals surface area (Å²) in [5.74, 6) is -0.452. The third-order valence-corrected chi connectivity index (χ3v) is 2.29. The van der Waals surface area contributed by atoms with Crippen LogP contribution in [0.3, 0.4) is 0 Å². The van der Waals surface area contributed by atoms with Gasteiger partial charge in [-0.15, -0.1) is 0 Å². The molecule has 1 rings (SSSR count). The van der Waals surface area contributed by atoms with Crippen LogP contribution < -0.4 is 10.5 Å². The van der Waals surface area contributed by atoms with Crippen molar-refractivity contribution in [2.24, 2.45) is 5.73 Å². The molecule has 4 N–H and O–H groups in total. The van der Waals surface area contributed by atoms with Crippen molar-refractivity contribution in [3.63, 3.8) is 0 Å². The van der Waals surface area contributed by atoms with Gasteiger partial charge in [-0.3, -0.25) is 4.79 Å². The molecule has 6 nitrogen and oxygen atoms in total. The minimum absolute atomic E-state index is 0.280. The highest BCUT2D eigenvalue weighted by Crippen LogP contribution is 2.20. The van der Waals surface area contributed by atoms with Crippen LogP contribution in [0, 0.1) is 11.3 Å². The third-order valence-electron chi connectivity index (χ3n) is 2.29. The Balaban J connectivity index is 2.65. The Bertz CT molecular complexity index is 438. The van der Waals surface area contributed by atoms with E-state index in [1.165, 1.54) is 12.1 Å². The zero-order chi connectivity index (χ0) is 13.5. The zero-order valence-electron chi connectivity index (χ0n) is 9.61. The number of carbonyl (C=O) groups excluding carboxylic acids is 1. The number of ether oxygens (including phenoxy) is 1. The molecule has 0 aromatic heterocycles. The van der Waals surface area contributed by atoms with E-state index in [1.54, 1.807) is 12.1 Å². The van der Waals surface area contributed by atoms with Crippen molar-refractivity contribution < 1.29 is 19.7 Å². The number of nitrogens with two attached hydrogens (primary N) is 1. The maximum absolute atomic E-state index is 10.7. The van der Waals surface area contributed by atoms with Gasteiger partial charge in [-0.05, 0) is 17.7 Å². The van der Waals surface area contributed by atoms with E-state index in [-0.39, 0.29) is 13.0 Å².